The second-order valence-corrected chi connectivity index (χ2v) is 5.44. The Morgan fingerprint density at radius 2 is 2.14 bits per heavy atom. The van der Waals surface area contributed by atoms with Crippen molar-refractivity contribution < 1.29 is 14.3 Å². The maximum atomic E-state index is 12.4. The van der Waals surface area contributed by atoms with Crippen LogP contribution in [0, 0.1) is 5.92 Å². The number of anilines is 1. The van der Waals surface area contributed by atoms with E-state index < -0.39 is 6.04 Å². The molecule has 0 N–H and O–H groups in total. The summed E-state index contributed by atoms with van der Waals surface area (Å²) in [5, 5.41) is 0. The Balaban J connectivity index is 2.16. The highest BCUT2D eigenvalue weighted by Crippen LogP contribution is 2.28. The minimum Gasteiger partial charge on any atom is -0.464 e. The summed E-state index contributed by atoms with van der Waals surface area (Å²) < 4.78 is 5.37. The van der Waals surface area contributed by atoms with E-state index >= 15 is 0 Å². The van der Waals surface area contributed by atoms with Crippen molar-refractivity contribution in [1.29, 1.82) is 0 Å². The number of piperidine rings is 1. The van der Waals surface area contributed by atoms with Gasteiger partial charge >= 0.3 is 5.97 Å². The van der Waals surface area contributed by atoms with Crippen LogP contribution in [0.4, 0.5) is 5.69 Å². The number of hydrogen-bond acceptors (Lipinski definition) is 4. The van der Waals surface area contributed by atoms with Crippen LogP contribution in [0.25, 0.3) is 0 Å². The molecule has 0 spiro atoms. The Morgan fingerprint density at radius 1 is 1.38 bits per heavy atom. The van der Waals surface area contributed by atoms with Gasteiger partial charge in [0.2, 0.25) is 0 Å². The molecule has 0 aliphatic carbocycles. The Kier molecular flexibility index (Phi) is 5.78. The molecule has 0 radical (unpaired) electrons. The van der Waals surface area contributed by atoms with Gasteiger partial charge in [-0.3, -0.25) is 0 Å². The maximum absolute atomic E-state index is 12.4. The van der Waals surface area contributed by atoms with E-state index in [9.17, 15) is 9.59 Å². The number of benzene rings is 1. The second kappa shape index (κ2) is 7.81. The van der Waals surface area contributed by atoms with E-state index in [1.807, 2.05) is 35.2 Å². The van der Waals surface area contributed by atoms with Crippen LogP contribution in [0.5, 0.6) is 0 Å². The highest BCUT2D eigenvalue weighted by atomic mass is 16.5. The molecule has 4 nitrogen and oxygen atoms in total. The van der Waals surface area contributed by atoms with Gasteiger partial charge in [0.05, 0.1) is 6.61 Å². The van der Waals surface area contributed by atoms with Crippen molar-refractivity contribution in [3.8, 4) is 0 Å². The van der Waals surface area contributed by atoms with Gasteiger partial charge in [0.15, 0.2) is 0 Å². The number of rotatable bonds is 6. The minimum absolute atomic E-state index is 0.274. The number of ether oxygens (including phenoxy) is 1. The van der Waals surface area contributed by atoms with Crippen LogP contribution >= 0.6 is 0 Å². The average Bonchev–Trinajstić information content (AvgIpc) is 2.55. The third-order valence-corrected chi connectivity index (χ3v) is 3.92. The topological polar surface area (TPSA) is 46.6 Å². The van der Waals surface area contributed by atoms with Gasteiger partial charge in [0.25, 0.3) is 0 Å². The minimum atomic E-state index is -0.490. The molecule has 114 valence electrons. The molecule has 21 heavy (non-hydrogen) atoms. The van der Waals surface area contributed by atoms with Crippen LogP contribution in [-0.2, 0) is 14.3 Å². The van der Waals surface area contributed by atoms with Gasteiger partial charge in [-0.25, -0.2) is 4.79 Å². The molecule has 1 saturated heterocycles. The summed E-state index contributed by atoms with van der Waals surface area (Å²) in [6.45, 7) is 3.26. The summed E-state index contributed by atoms with van der Waals surface area (Å²) in [5.41, 5.74) is 0.974. The predicted molar refractivity (Wildman–Crippen MR) is 82.2 cm³/mol. The molecule has 0 saturated carbocycles. The van der Waals surface area contributed by atoms with Gasteiger partial charge in [-0.2, -0.15) is 0 Å². The number of carbonyl (C=O) groups is 2. The van der Waals surface area contributed by atoms with Crippen molar-refractivity contribution in [2.75, 3.05) is 18.1 Å². The number of carbonyl (C=O) groups excluding carboxylic acids is 2. The molecule has 1 aromatic carbocycles. The van der Waals surface area contributed by atoms with Crippen molar-refractivity contribution in [2.45, 2.75) is 38.6 Å². The number of para-hydroxylation sites is 1. The fraction of sp³-hybridized carbons (Fsp3) is 0.529. The van der Waals surface area contributed by atoms with E-state index in [1.54, 1.807) is 0 Å². The van der Waals surface area contributed by atoms with Crippen LogP contribution in [0.3, 0.4) is 0 Å². The zero-order chi connectivity index (χ0) is 15.1. The SMILES string of the molecule is CCCCOC(=O)C1C(C=O)CCCN1c1ccccc1. The van der Waals surface area contributed by atoms with E-state index in [4.69, 9.17) is 4.74 Å². The lowest BCUT2D eigenvalue weighted by atomic mass is 9.89. The Bertz CT molecular complexity index is 460. The summed E-state index contributed by atoms with van der Waals surface area (Å²) in [6, 6.07) is 9.28. The summed E-state index contributed by atoms with van der Waals surface area (Å²) in [5.74, 6) is -0.558. The third kappa shape index (κ3) is 3.84. The van der Waals surface area contributed by atoms with Gasteiger partial charge < -0.3 is 14.4 Å². The first kappa shape index (κ1) is 15.5. The van der Waals surface area contributed by atoms with Gasteiger partial charge in [-0.05, 0) is 31.4 Å². The van der Waals surface area contributed by atoms with Crippen molar-refractivity contribution in [3.63, 3.8) is 0 Å². The van der Waals surface area contributed by atoms with E-state index in [1.165, 1.54) is 0 Å². The molecule has 0 amide bonds. The van der Waals surface area contributed by atoms with E-state index in [2.05, 4.69) is 6.92 Å². The van der Waals surface area contributed by atoms with Crippen molar-refractivity contribution in [1.82, 2.24) is 0 Å². The molecule has 1 aromatic rings. The molecular weight excluding hydrogens is 266 g/mol. The summed E-state index contributed by atoms with van der Waals surface area (Å²) >= 11 is 0. The molecule has 1 fully saturated rings. The van der Waals surface area contributed by atoms with Crippen LogP contribution < -0.4 is 4.90 Å². The van der Waals surface area contributed by atoms with E-state index in [0.29, 0.717) is 6.61 Å². The zero-order valence-electron chi connectivity index (χ0n) is 12.5. The Hall–Kier alpha value is -1.84. The van der Waals surface area contributed by atoms with Gasteiger partial charge in [0, 0.05) is 18.2 Å². The van der Waals surface area contributed by atoms with E-state index in [-0.39, 0.29) is 11.9 Å². The van der Waals surface area contributed by atoms with Crippen LogP contribution in [-0.4, -0.2) is 31.4 Å². The van der Waals surface area contributed by atoms with Crippen molar-refractivity contribution >= 4 is 17.9 Å². The highest BCUT2D eigenvalue weighted by Gasteiger charge is 2.37. The van der Waals surface area contributed by atoms with Crippen molar-refractivity contribution in [3.05, 3.63) is 30.3 Å². The molecule has 1 aliphatic heterocycles. The largest absolute Gasteiger partial charge is 0.464 e. The predicted octanol–water partition coefficient (Wildman–Crippen LogP) is 2.81. The Labute approximate surface area is 126 Å². The monoisotopic (exact) mass is 289 g/mol. The maximum Gasteiger partial charge on any atom is 0.329 e. The molecule has 0 aromatic heterocycles. The first-order valence-corrected chi connectivity index (χ1v) is 7.71. The summed E-state index contributed by atoms with van der Waals surface area (Å²) in [7, 11) is 0. The molecule has 0 bridgehead atoms. The van der Waals surface area contributed by atoms with Crippen molar-refractivity contribution in [2.24, 2.45) is 5.92 Å². The molecule has 4 heteroatoms. The first-order valence-electron chi connectivity index (χ1n) is 7.71. The molecule has 2 unspecified atom stereocenters. The lowest BCUT2D eigenvalue weighted by Gasteiger charge is -2.39. The fourth-order valence-corrected chi connectivity index (χ4v) is 2.78. The number of esters is 1. The number of hydrogen-bond donors (Lipinski definition) is 0. The van der Waals surface area contributed by atoms with Gasteiger partial charge in [-0.15, -0.1) is 0 Å². The third-order valence-electron chi connectivity index (χ3n) is 3.92. The smallest absolute Gasteiger partial charge is 0.329 e. The zero-order valence-corrected chi connectivity index (χ0v) is 12.5. The lowest BCUT2D eigenvalue weighted by Crippen LogP contribution is -2.51. The first-order chi connectivity index (χ1) is 10.3. The van der Waals surface area contributed by atoms with Gasteiger partial charge in [-0.1, -0.05) is 31.5 Å². The summed E-state index contributed by atoms with van der Waals surface area (Å²) in [4.78, 5) is 25.8. The molecule has 2 atom stereocenters. The number of unbranched alkanes of at least 4 members (excludes halogenated alkanes) is 1. The van der Waals surface area contributed by atoms with Gasteiger partial charge in [0.1, 0.15) is 12.3 Å². The van der Waals surface area contributed by atoms with Crippen LogP contribution in [0.1, 0.15) is 32.6 Å². The van der Waals surface area contributed by atoms with E-state index in [0.717, 1.165) is 44.2 Å². The number of aldehydes is 1. The molecule has 2 rings (SSSR count). The molecular formula is C17H23NO3. The Morgan fingerprint density at radius 3 is 2.81 bits per heavy atom. The average molecular weight is 289 g/mol. The molecule has 1 aliphatic rings. The van der Waals surface area contributed by atoms with Crippen LogP contribution in [0.15, 0.2) is 30.3 Å². The quantitative estimate of drug-likeness (QED) is 0.459. The highest BCUT2D eigenvalue weighted by molar-refractivity contribution is 5.84. The fourth-order valence-electron chi connectivity index (χ4n) is 2.78. The normalized spacial score (nSPS) is 21.9. The lowest BCUT2D eigenvalue weighted by molar-refractivity contribution is -0.148. The molecule has 1 heterocycles. The second-order valence-electron chi connectivity index (χ2n) is 5.44. The summed E-state index contributed by atoms with van der Waals surface area (Å²) in [6.07, 6.45) is 4.41. The van der Waals surface area contributed by atoms with Crippen LogP contribution in [0.2, 0.25) is 0 Å². The standard InChI is InChI=1S/C17H23NO3/c1-2-3-12-21-17(20)16-14(13-19)8-7-11-18(16)15-9-5-4-6-10-15/h4-6,9-10,13-14,16H,2-3,7-8,11-12H2,1H3. The number of nitrogens with zero attached hydrogens (tertiary/aromatic N) is 1.